The molecule has 15 heavy (non-hydrogen) atoms. The predicted octanol–water partition coefficient (Wildman–Crippen LogP) is 2.97. The number of carboxylic acids is 1. The summed E-state index contributed by atoms with van der Waals surface area (Å²) in [7, 11) is 0. The number of aromatic carboxylic acids is 1. The zero-order valence-electron chi connectivity index (χ0n) is 7.89. The highest BCUT2D eigenvalue weighted by atomic mass is 35.5. The summed E-state index contributed by atoms with van der Waals surface area (Å²) in [5.74, 6) is -1.12. The molecule has 0 radical (unpaired) electrons. The first kappa shape index (κ1) is 10.7. The Balaban J connectivity index is 2.64. The summed E-state index contributed by atoms with van der Waals surface area (Å²) in [6.07, 6.45) is 3.70. The average Bonchev–Trinajstić information content (AvgIpc) is 2.17. The van der Waals surface area contributed by atoms with Crippen molar-refractivity contribution in [2.45, 2.75) is 25.7 Å². The van der Waals surface area contributed by atoms with Gasteiger partial charge in [-0.3, -0.25) is 0 Å². The van der Waals surface area contributed by atoms with Crippen LogP contribution in [0, 0.1) is 0 Å². The Morgan fingerprint density at radius 2 is 1.93 bits per heavy atom. The average molecular weight is 246 g/mol. The lowest BCUT2D eigenvalue weighted by molar-refractivity contribution is 0.0696. The minimum Gasteiger partial charge on any atom is -0.478 e. The first-order valence-corrected chi connectivity index (χ1v) is 5.47. The molecule has 0 fully saturated rings. The van der Waals surface area contributed by atoms with Crippen molar-refractivity contribution >= 4 is 29.2 Å². The first-order valence-electron chi connectivity index (χ1n) is 4.71. The molecular weight excluding hydrogens is 237 g/mol. The number of carbonyl (C=O) groups is 1. The molecule has 0 amide bonds. The Labute approximate surface area is 97.0 Å². The van der Waals surface area contributed by atoms with Gasteiger partial charge in [-0.2, -0.15) is 0 Å². The Bertz CT molecular complexity index is 432. The second-order valence-corrected chi connectivity index (χ2v) is 4.27. The van der Waals surface area contributed by atoms with Gasteiger partial charge < -0.3 is 5.11 Å². The van der Waals surface area contributed by atoms with Crippen LogP contribution in [-0.2, 0) is 12.8 Å². The highest BCUT2D eigenvalue weighted by Gasteiger charge is 2.23. The summed E-state index contributed by atoms with van der Waals surface area (Å²) in [5.41, 5.74) is 1.63. The van der Waals surface area contributed by atoms with Crippen molar-refractivity contribution in [3.63, 3.8) is 0 Å². The van der Waals surface area contributed by atoms with E-state index in [1.807, 2.05) is 0 Å². The number of aryl methyl sites for hydroxylation is 1. The Morgan fingerprint density at radius 1 is 1.27 bits per heavy atom. The smallest absolute Gasteiger partial charge is 0.340 e. The second-order valence-electron chi connectivity index (χ2n) is 3.53. The second kappa shape index (κ2) is 3.99. The van der Waals surface area contributed by atoms with E-state index in [0.29, 0.717) is 0 Å². The van der Waals surface area contributed by atoms with Crippen LogP contribution in [0.5, 0.6) is 0 Å². The minimum absolute atomic E-state index is 0.00634. The van der Waals surface area contributed by atoms with Crippen LogP contribution in [0.15, 0.2) is 0 Å². The fourth-order valence-corrected chi connectivity index (χ4v) is 2.55. The molecule has 0 bridgehead atoms. The van der Waals surface area contributed by atoms with Gasteiger partial charge in [-0.25, -0.2) is 9.78 Å². The van der Waals surface area contributed by atoms with E-state index in [2.05, 4.69) is 4.98 Å². The number of hydrogen-bond acceptors (Lipinski definition) is 2. The number of carboxylic acid groups (broad SMARTS) is 1. The molecule has 1 aromatic rings. The molecule has 0 atom stereocenters. The lowest BCUT2D eigenvalue weighted by Gasteiger charge is -2.17. The zero-order valence-corrected chi connectivity index (χ0v) is 9.40. The SMILES string of the molecule is O=C(O)c1c(Cl)nc2c(c1Cl)CCCC2. The van der Waals surface area contributed by atoms with Gasteiger partial charge >= 0.3 is 5.97 Å². The highest BCUT2D eigenvalue weighted by molar-refractivity contribution is 6.39. The largest absolute Gasteiger partial charge is 0.478 e. The molecule has 1 aliphatic carbocycles. The van der Waals surface area contributed by atoms with Gasteiger partial charge in [-0.1, -0.05) is 23.2 Å². The molecule has 80 valence electrons. The summed E-state index contributed by atoms with van der Waals surface area (Å²) in [6, 6.07) is 0. The van der Waals surface area contributed by atoms with E-state index >= 15 is 0 Å². The molecule has 3 nitrogen and oxygen atoms in total. The van der Waals surface area contributed by atoms with E-state index in [1.165, 1.54) is 0 Å². The quantitative estimate of drug-likeness (QED) is 0.775. The van der Waals surface area contributed by atoms with Gasteiger partial charge in [0.05, 0.1) is 5.02 Å². The van der Waals surface area contributed by atoms with Crippen molar-refractivity contribution in [1.29, 1.82) is 0 Å². The zero-order chi connectivity index (χ0) is 11.0. The molecule has 0 unspecified atom stereocenters. The van der Waals surface area contributed by atoms with Crippen molar-refractivity contribution in [2.75, 3.05) is 0 Å². The van der Waals surface area contributed by atoms with Gasteiger partial charge in [0.15, 0.2) is 0 Å². The van der Waals surface area contributed by atoms with Crippen molar-refractivity contribution in [2.24, 2.45) is 0 Å². The standard InChI is InChI=1S/C10H9Cl2NO2/c11-8-5-3-1-2-4-6(5)13-9(12)7(8)10(14)15/h1-4H2,(H,14,15). The number of halogens is 2. The van der Waals surface area contributed by atoms with E-state index in [9.17, 15) is 4.79 Å². The lowest BCUT2D eigenvalue weighted by atomic mass is 9.95. The molecule has 1 aromatic heterocycles. The van der Waals surface area contributed by atoms with Crippen LogP contribution in [0.1, 0.15) is 34.5 Å². The Morgan fingerprint density at radius 3 is 2.60 bits per heavy atom. The number of pyridine rings is 1. The third-order valence-electron chi connectivity index (χ3n) is 2.58. The molecule has 5 heteroatoms. The first-order chi connectivity index (χ1) is 7.11. The Hall–Kier alpha value is -0.800. The van der Waals surface area contributed by atoms with Crippen molar-refractivity contribution in [1.82, 2.24) is 4.98 Å². The predicted molar refractivity (Wildman–Crippen MR) is 57.9 cm³/mol. The molecule has 1 aliphatic rings. The number of fused-ring (bicyclic) bond motifs is 1. The summed E-state index contributed by atoms with van der Waals surface area (Å²) in [4.78, 5) is 15.0. The molecule has 1 N–H and O–H groups in total. The van der Waals surface area contributed by atoms with Crippen LogP contribution in [0.4, 0.5) is 0 Å². The van der Waals surface area contributed by atoms with E-state index in [-0.39, 0.29) is 15.7 Å². The minimum atomic E-state index is -1.12. The molecule has 0 saturated carbocycles. The van der Waals surface area contributed by atoms with Crippen molar-refractivity contribution in [3.05, 3.63) is 27.0 Å². The molecular formula is C10H9Cl2NO2. The fraction of sp³-hybridized carbons (Fsp3) is 0.400. The summed E-state index contributed by atoms with van der Waals surface area (Å²) in [5, 5.41) is 9.19. The van der Waals surface area contributed by atoms with E-state index in [1.54, 1.807) is 0 Å². The van der Waals surface area contributed by atoms with Crippen molar-refractivity contribution < 1.29 is 9.90 Å². The van der Waals surface area contributed by atoms with Crippen LogP contribution in [0.2, 0.25) is 10.2 Å². The van der Waals surface area contributed by atoms with Gasteiger partial charge in [0.1, 0.15) is 10.7 Å². The van der Waals surface area contributed by atoms with Gasteiger partial charge in [-0.05, 0) is 31.2 Å². The monoisotopic (exact) mass is 245 g/mol. The maximum Gasteiger partial charge on any atom is 0.340 e. The van der Waals surface area contributed by atoms with Gasteiger partial charge in [-0.15, -0.1) is 0 Å². The summed E-state index contributed by atoms with van der Waals surface area (Å²) in [6.45, 7) is 0. The molecule has 0 aliphatic heterocycles. The third kappa shape index (κ3) is 1.82. The maximum absolute atomic E-state index is 10.9. The van der Waals surface area contributed by atoms with Gasteiger partial charge in [0.2, 0.25) is 0 Å². The van der Waals surface area contributed by atoms with Crippen molar-refractivity contribution in [3.8, 4) is 0 Å². The fourth-order valence-electron chi connectivity index (χ4n) is 1.85. The molecule has 0 saturated heterocycles. The van der Waals surface area contributed by atoms with E-state index < -0.39 is 5.97 Å². The molecule has 0 aromatic carbocycles. The topological polar surface area (TPSA) is 50.2 Å². The van der Waals surface area contributed by atoms with Crippen LogP contribution in [-0.4, -0.2) is 16.1 Å². The van der Waals surface area contributed by atoms with Crippen LogP contribution >= 0.6 is 23.2 Å². The highest BCUT2D eigenvalue weighted by Crippen LogP contribution is 2.32. The number of hydrogen-bond donors (Lipinski definition) is 1. The normalized spacial score (nSPS) is 14.8. The van der Waals surface area contributed by atoms with Crippen LogP contribution in [0.25, 0.3) is 0 Å². The van der Waals surface area contributed by atoms with Gasteiger partial charge in [0, 0.05) is 5.69 Å². The molecule has 2 rings (SSSR count). The van der Waals surface area contributed by atoms with E-state index in [0.717, 1.165) is 36.9 Å². The number of rotatable bonds is 1. The third-order valence-corrected chi connectivity index (χ3v) is 3.27. The van der Waals surface area contributed by atoms with Crippen LogP contribution < -0.4 is 0 Å². The summed E-state index contributed by atoms with van der Waals surface area (Å²) >= 11 is 11.8. The van der Waals surface area contributed by atoms with E-state index in [4.69, 9.17) is 28.3 Å². The molecule has 1 heterocycles. The van der Waals surface area contributed by atoms with Crippen LogP contribution in [0.3, 0.4) is 0 Å². The molecule has 0 spiro atoms. The maximum atomic E-state index is 10.9. The number of nitrogens with zero attached hydrogens (tertiary/aromatic N) is 1. The summed E-state index contributed by atoms with van der Waals surface area (Å²) < 4.78 is 0. The van der Waals surface area contributed by atoms with Gasteiger partial charge in [0.25, 0.3) is 0 Å². The number of aromatic nitrogens is 1. The lowest BCUT2D eigenvalue weighted by Crippen LogP contribution is -2.11. The Kier molecular flexibility index (Phi) is 2.85.